The standard InChI is InChI=1S/C13H18ClNO2/c1-9-4-12(16-3)10(5-11(9)14)13(6-15-2)7-17-8-13/h4-5,15H,6-8H2,1-3H3. The third-order valence-electron chi connectivity index (χ3n) is 3.32. The summed E-state index contributed by atoms with van der Waals surface area (Å²) in [5, 5.41) is 4.00. The summed E-state index contributed by atoms with van der Waals surface area (Å²) >= 11 is 6.21. The molecule has 0 radical (unpaired) electrons. The van der Waals surface area contributed by atoms with Gasteiger partial charge in [-0.1, -0.05) is 11.6 Å². The highest BCUT2D eigenvalue weighted by molar-refractivity contribution is 6.31. The van der Waals surface area contributed by atoms with Crippen LogP contribution in [0.1, 0.15) is 11.1 Å². The van der Waals surface area contributed by atoms with E-state index in [0.29, 0.717) is 13.2 Å². The van der Waals surface area contributed by atoms with E-state index >= 15 is 0 Å². The number of aryl methyl sites for hydroxylation is 1. The van der Waals surface area contributed by atoms with Crippen molar-refractivity contribution >= 4 is 11.6 Å². The molecule has 1 aromatic carbocycles. The topological polar surface area (TPSA) is 30.5 Å². The highest BCUT2D eigenvalue weighted by atomic mass is 35.5. The molecule has 1 aromatic rings. The molecule has 1 aliphatic heterocycles. The summed E-state index contributed by atoms with van der Waals surface area (Å²) in [6, 6.07) is 4.00. The zero-order chi connectivity index (χ0) is 12.5. The fraction of sp³-hybridized carbons (Fsp3) is 0.538. The minimum Gasteiger partial charge on any atom is -0.496 e. The number of nitrogens with one attached hydrogen (secondary N) is 1. The molecule has 4 heteroatoms. The van der Waals surface area contributed by atoms with Gasteiger partial charge in [0.05, 0.1) is 25.7 Å². The van der Waals surface area contributed by atoms with Gasteiger partial charge < -0.3 is 14.8 Å². The van der Waals surface area contributed by atoms with Crippen LogP contribution in [0.4, 0.5) is 0 Å². The van der Waals surface area contributed by atoms with Crippen molar-refractivity contribution in [3.63, 3.8) is 0 Å². The van der Waals surface area contributed by atoms with Crippen LogP contribution in [0.5, 0.6) is 5.75 Å². The summed E-state index contributed by atoms with van der Waals surface area (Å²) in [6.45, 7) is 4.27. The van der Waals surface area contributed by atoms with Gasteiger partial charge in [-0.3, -0.25) is 0 Å². The molecule has 94 valence electrons. The van der Waals surface area contributed by atoms with Crippen molar-refractivity contribution in [2.45, 2.75) is 12.3 Å². The number of ether oxygens (including phenoxy) is 2. The van der Waals surface area contributed by atoms with Gasteiger partial charge in [-0.2, -0.15) is 0 Å². The van der Waals surface area contributed by atoms with Crippen molar-refractivity contribution in [3.05, 3.63) is 28.3 Å². The van der Waals surface area contributed by atoms with Gasteiger partial charge in [0.2, 0.25) is 0 Å². The largest absolute Gasteiger partial charge is 0.496 e. The lowest BCUT2D eigenvalue weighted by atomic mass is 9.77. The van der Waals surface area contributed by atoms with Gasteiger partial charge in [0.1, 0.15) is 5.75 Å². The molecule has 1 N–H and O–H groups in total. The number of likely N-dealkylation sites (N-methyl/N-ethyl adjacent to an activating group) is 1. The van der Waals surface area contributed by atoms with E-state index in [-0.39, 0.29) is 5.41 Å². The van der Waals surface area contributed by atoms with E-state index in [2.05, 4.69) is 5.32 Å². The summed E-state index contributed by atoms with van der Waals surface area (Å²) < 4.78 is 10.8. The zero-order valence-corrected chi connectivity index (χ0v) is 11.2. The SMILES string of the molecule is CNCC1(c2cc(Cl)c(C)cc2OC)COC1. The lowest BCUT2D eigenvalue weighted by Gasteiger charge is -2.42. The third-order valence-corrected chi connectivity index (χ3v) is 3.73. The molecule has 0 aromatic heterocycles. The first-order valence-corrected chi connectivity index (χ1v) is 6.08. The fourth-order valence-corrected chi connectivity index (χ4v) is 2.44. The van der Waals surface area contributed by atoms with Crippen LogP contribution in [0, 0.1) is 6.92 Å². The highest BCUT2D eigenvalue weighted by Crippen LogP contribution is 2.40. The van der Waals surface area contributed by atoms with Crippen LogP contribution in [-0.4, -0.2) is 33.9 Å². The molecule has 0 aliphatic carbocycles. The molecule has 17 heavy (non-hydrogen) atoms. The molecule has 0 amide bonds. The Morgan fingerprint density at radius 2 is 2.18 bits per heavy atom. The van der Waals surface area contributed by atoms with Gasteiger partial charge in [-0.25, -0.2) is 0 Å². The number of benzene rings is 1. The van der Waals surface area contributed by atoms with Crippen LogP contribution in [0.15, 0.2) is 12.1 Å². The Kier molecular flexibility index (Phi) is 3.61. The average Bonchev–Trinajstić information content (AvgIpc) is 2.27. The maximum absolute atomic E-state index is 6.21. The number of methoxy groups -OCH3 is 1. The van der Waals surface area contributed by atoms with Gasteiger partial charge in [0, 0.05) is 17.1 Å². The van der Waals surface area contributed by atoms with Crippen molar-refractivity contribution in [2.24, 2.45) is 0 Å². The molecule has 1 heterocycles. The maximum Gasteiger partial charge on any atom is 0.123 e. The Hall–Kier alpha value is -0.770. The Bertz CT molecular complexity index is 416. The van der Waals surface area contributed by atoms with Crippen LogP contribution in [0.25, 0.3) is 0 Å². The molecule has 0 spiro atoms. The quantitative estimate of drug-likeness (QED) is 0.894. The second-order valence-corrected chi connectivity index (χ2v) is 5.01. The number of hydrogen-bond donors (Lipinski definition) is 1. The Labute approximate surface area is 107 Å². The predicted molar refractivity (Wildman–Crippen MR) is 69.2 cm³/mol. The minimum absolute atomic E-state index is 0.00255. The normalized spacial score (nSPS) is 17.6. The maximum atomic E-state index is 6.21. The van der Waals surface area contributed by atoms with E-state index in [0.717, 1.165) is 28.4 Å². The van der Waals surface area contributed by atoms with Crippen molar-refractivity contribution in [2.75, 3.05) is 33.9 Å². The summed E-state index contributed by atoms with van der Waals surface area (Å²) in [4.78, 5) is 0. The van der Waals surface area contributed by atoms with Crippen molar-refractivity contribution in [3.8, 4) is 5.75 Å². The molecule has 2 rings (SSSR count). The predicted octanol–water partition coefficient (Wildman–Crippen LogP) is 2.14. The first-order chi connectivity index (χ1) is 8.13. The summed E-state index contributed by atoms with van der Waals surface area (Å²) in [6.07, 6.45) is 0. The molecule has 1 aliphatic rings. The molecule has 0 atom stereocenters. The molecule has 0 bridgehead atoms. The van der Waals surface area contributed by atoms with Gasteiger partial charge in [-0.05, 0) is 31.7 Å². The second kappa shape index (κ2) is 4.84. The molecule has 0 saturated carbocycles. The minimum atomic E-state index is -0.00255. The van der Waals surface area contributed by atoms with Crippen LogP contribution < -0.4 is 10.1 Å². The highest BCUT2D eigenvalue weighted by Gasteiger charge is 2.42. The third kappa shape index (κ3) is 2.15. The first-order valence-electron chi connectivity index (χ1n) is 5.70. The van der Waals surface area contributed by atoms with E-state index in [1.165, 1.54) is 0 Å². The Morgan fingerprint density at radius 1 is 1.47 bits per heavy atom. The Balaban J connectivity index is 2.45. The summed E-state index contributed by atoms with van der Waals surface area (Å²) in [5.74, 6) is 0.894. The molecule has 0 unspecified atom stereocenters. The average molecular weight is 256 g/mol. The fourth-order valence-electron chi connectivity index (χ4n) is 2.28. The van der Waals surface area contributed by atoms with Gasteiger partial charge in [-0.15, -0.1) is 0 Å². The molecule has 1 fully saturated rings. The number of hydrogen-bond acceptors (Lipinski definition) is 3. The lowest BCUT2D eigenvalue weighted by Crippen LogP contribution is -2.53. The zero-order valence-electron chi connectivity index (χ0n) is 10.5. The van der Waals surface area contributed by atoms with Crippen LogP contribution >= 0.6 is 11.6 Å². The molecular weight excluding hydrogens is 238 g/mol. The van der Waals surface area contributed by atoms with E-state index in [1.54, 1.807) is 7.11 Å². The molecular formula is C13H18ClNO2. The van der Waals surface area contributed by atoms with Crippen molar-refractivity contribution in [1.82, 2.24) is 5.32 Å². The first kappa shape index (κ1) is 12.7. The van der Waals surface area contributed by atoms with E-state index in [9.17, 15) is 0 Å². The van der Waals surface area contributed by atoms with Crippen LogP contribution in [0.2, 0.25) is 5.02 Å². The van der Waals surface area contributed by atoms with Gasteiger partial charge in [0.25, 0.3) is 0 Å². The van der Waals surface area contributed by atoms with Crippen molar-refractivity contribution < 1.29 is 9.47 Å². The monoisotopic (exact) mass is 255 g/mol. The van der Waals surface area contributed by atoms with Crippen LogP contribution in [-0.2, 0) is 10.2 Å². The van der Waals surface area contributed by atoms with Crippen molar-refractivity contribution in [1.29, 1.82) is 0 Å². The molecule has 1 saturated heterocycles. The smallest absolute Gasteiger partial charge is 0.123 e. The Morgan fingerprint density at radius 3 is 2.65 bits per heavy atom. The number of halogens is 1. The number of rotatable bonds is 4. The van der Waals surface area contributed by atoms with E-state index in [1.807, 2.05) is 26.1 Å². The van der Waals surface area contributed by atoms with E-state index in [4.69, 9.17) is 21.1 Å². The summed E-state index contributed by atoms with van der Waals surface area (Å²) in [5.41, 5.74) is 2.17. The lowest BCUT2D eigenvalue weighted by molar-refractivity contribution is -0.0591. The molecule has 3 nitrogen and oxygen atoms in total. The second-order valence-electron chi connectivity index (χ2n) is 4.61. The van der Waals surface area contributed by atoms with Gasteiger partial charge >= 0.3 is 0 Å². The van der Waals surface area contributed by atoms with Crippen LogP contribution in [0.3, 0.4) is 0 Å². The van der Waals surface area contributed by atoms with Gasteiger partial charge in [0.15, 0.2) is 0 Å². The van der Waals surface area contributed by atoms with E-state index < -0.39 is 0 Å². The summed E-state index contributed by atoms with van der Waals surface area (Å²) in [7, 11) is 3.64.